The van der Waals surface area contributed by atoms with Gasteiger partial charge in [0.2, 0.25) is 0 Å². The summed E-state index contributed by atoms with van der Waals surface area (Å²) >= 11 is 0. The van der Waals surface area contributed by atoms with E-state index in [4.69, 9.17) is 4.74 Å². The molecule has 0 aromatic rings. The van der Waals surface area contributed by atoms with Crippen molar-refractivity contribution in [1.29, 1.82) is 0 Å². The van der Waals surface area contributed by atoms with E-state index in [0.717, 1.165) is 51.4 Å². The van der Waals surface area contributed by atoms with Crippen LogP contribution in [-0.4, -0.2) is 22.3 Å². The molecule has 0 radical (unpaired) electrons. The molecule has 0 atom stereocenters. The topological polar surface area (TPSA) is 46.5 Å². The minimum absolute atomic E-state index is 0.253. The average Bonchev–Trinajstić information content (AvgIpc) is 2.74. The van der Waals surface area contributed by atoms with Crippen molar-refractivity contribution in [3.63, 3.8) is 0 Å². The summed E-state index contributed by atoms with van der Waals surface area (Å²) in [5.41, 5.74) is -1.30. The molecular formula is C12H20O3. The van der Waals surface area contributed by atoms with Gasteiger partial charge in [0.15, 0.2) is 0 Å². The minimum atomic E-state index is -0.741. The van der Waals surface area contributed by atoms with Crippen LogP contribution in [0.1, 0.15) is 58.3 Å². The molecule has 2 fully saturated rings. The van der Waals surface area contributed by atoms with Crippen LogP contribution in [0, 0.1) is 0 Å². The van der Waals surface area contributed by atoms with E-state index in [0.29, 0.717) is 0 Å². The summed E-state index contributed by atoms with van der Waals surface area (Å²) in [6.45, 7) is 1.44. The van der Waals surface area contributed by atoms with Gasteiger partial charge in [-0.2, -0.15) is 0 Å². The first-order valence-corrected chi connectivity index (χ1v) is 6.00. The molecule has 2 aliphatic rings. The Kier molecular flexibility index (Phi) is 2.75. The van der Waals surface area contributed by atoms with Gasteiger partial charge in [-0.1, -0.05) is 12.8 Å². The maximum Gasteiger partial charge on any atom is 0.303 e. The number of hydrogen-bond acceptors (Lipinski definition) is 3. The first kappa shape index (κ1) is 10.9. The van der Waals surface area contributed by atoms with E-state index in [-0.39, 0.29) is 5.97 Å². The number of ether oxygens (including phenoxy) is 1. The van der Waals surface area contributed by atoms with E-state index < -0.39 is 11.2 Å². The Morgan fingerprint density at radius 3 is 2.00 bits per heavy atom. The number of hydrogen-bond donors (Lipinski definition) is 1. The fourth-order valence-electron chi connectivity index (χ4n) is 3.30. The van der Waals surface area contributed by atoms with Crippen LogP contribution in [0.3, 0.4) is 0 Å². The van der Waals surface area contributed by atoms with Crippen LogP contribution in [0.5, 0.6) is 0 Å². The maximum absolute atomic E-state index is 11.2. The first-order valence-electron chi connectivity index (χ1n) is 6.00. The number of rotatable bonds is 2. The predicted octanol–water partition coefficient (Wildman–Crippen LogP) is 2.17. The molecule has 2 rings (SSSR count). The van der Waals surface area contributed by atoms with Crippen LogP contribution in [0.25, 0.3) is 0 Å². The summed E-state index contributed by atoms with van der Waals surface area (Å²) < 4.78 is 5.50. The molecule has 0 saturated heterocycles. The molecule has 0 bridgehead atoms. The van der Waals surface area contributed by atoms with Crippen LogP contribution in [0.2, 0.25) is 0 Å². The van der Waals surface area contributed by atoms with Crippen LogP contribution < -0.4 is 0 Å². The number of aliphatic hydroxyl groups is 1. The molecule has 3 nitrogen and oxygen atoms in total. The molecule has 0 amide bonds. The Bertz CT molecular complexity index is 248. The molecule has 3 heteroatoms. The third kappa shape index (κ3) is 1.78. The third-order valence-electron chi connectivity index (χ3n) is 4.03. The molecule has 86 valence electrons. The monoisotopic (exact) mass is 212 g/mol. The van der Waals surface area contributed by atoms with Gasteiger partial charge in [-0.3, -0.25) is 4.79 Å². The molecule has 2 saturated carbocycles. The fraction of sp³-hybridized carbons (Fsp3) is 0.917. The molecular weight excluding hydrogens is 192 g/mol. The lowest BCUT2D eigenvalue weighted by Gasteiger charge is -2.41. The van der Waals surface area contributed by atoms with Gasteiger partial charge in [0.1, 0.15) is 11.2 Å². The lowest BCUT2D eigenvalue weighted by Crippen LogP contribution is -2.53. The van der Waals surface area contributed by atoms with E-state index in [9.17, 15) is 9.90 Å². The highest BCUT2D eigenvalue weighted by atomic mass is 16.6. The van der Waals surface area contributed by atoms with Gasteiger partial charge >= 0.3 is 5.97 Å². The highest BCUT2D eigenvalue weighted by Crippen LogP contribution is 2.49. The van der Waals surface area contributed by atoms with Crippen molar-refractivity contribution in [2.75, 3.05) is 0 Å². The van der Waals surface area contributed by atoms with Crippen molar-refractivity contribution in [3.05, 3.63) is 0 Å². The second-order valence-electron chi connectivity index (χ2n) is 5.03. The Labute approximate surface area is 90.8 Å². The van der Waals surface area contributed by atoms with E-state index in [1.807, 2.05) is 0 Å². The molecule has 0 unspecified atom stereocenters. The Hall–Kier alpha value is -0.570. The SMILES string of the molecule is CC(=O)OC1(C2(O)CCCC2)CCCC1. The molecule has 15 heavy (non-hydrogen) atoms. The highest BCUT2D eigenvalue weighted by molar-refractivity contribution is 5.66. The van der Waals surface area contributed by atoms with Crippen LogP contribution >= 0.6 is 0 Å². The van der Waals surface area contributed by atoms with Gasteiger partial charge in [0, 0.05) is 6.92 Å². The van der Waals surface area contributed by atoms with Gasteiger partial charge in [0.05, 0.1) is 0 Å². The zero-order valence-corrected chi connectivity index (χ0v) is 9.42. The maximum atomic E-state index is 11.2. The number of carbonyl (C=O) groups excluding carboxylic acids is 1. The summed E-state index contributed by atoms with van der Waals surface area (Å²) in [5.74, 6) is -0.253. The van der Waals surface area contributed by atoms with Crippen molar-refractivity contribution in [2.45, 2.75) is 69.5 Å². The van der Waals surface area contributed by atoms with Gasteiger partial charge in [-0.15, -0.1) is 0 Å². The Morgan fingerprint density at radius 2 is 1.53 bits per heavy atom. The molecule has 0 aliphatic heterocycles. The Morgan fingerprint density at radius 1 is 1.07 bits per heavy atom. The van der Waals surface area contributed by atoms with E-state index >= 15 is 0 Å². The predicted molar refractivity (Wildman–Crippen MR) is 56.4 cm³/mol. The molecule has 0 spiro atoms. The largest absolute Gasteiger partial charge is 0.456 e. The third-order valence-corrected chi connectivity index (χ3v) is 4.03. The van der Waals surface area contributed by atoms with Crippen molar-refractivity contribution >= 4 is 5.97 Å². The van der Waals surface area contributed by atoms with Crippen LogP contribution in [-0.2, 0) is 9.53 Å². The lowest BCUT2D eigenvalue weighted by atomic mass is 9.79. The summed E-state index contributed by atoms with van der Waals surface area (Å²) in [4.78, 5) is 11.2. The smallest absolute Gasteiger partial charge is 0.303 e. The summed E-state index contributed by atoms with van der Waals surface area (Å²) in [6.07, 6.45) is 7.50. The second kappa shape index (κ2) is 3.78. The normalized spacial score (nSPS) is 27.9. The van der Waals surface area contributed by atoms with Gasteiger partial charge in [-0.05, 0) is 38.5 Å². The first-order chi connectivity index (χ1) is 7.08. The number of carbonyl (C=O) groups is 1. The van der Waals surface area contributed by atoms with E-state index in [1.165, 1.54) is 6.92 Å². The van der Waals surface area contributed by atoms with Gasteiger partial charge in [-0.25, -0.2) is 0 Å². The quantitative estimate of drug-likeness (QED) is 0.713. The standard InChI is InChI=1S/C12H20O3/c1-10(13)15-12(8-4-5-9-12)11(14)6-2-3-7-11/h14H,2-9H2,1H3. The minimum Gasteiger partial charge on any atom is -0.456 e. The lowest BCUT2D eigenvalue weighted by molar-refractivity contribution is -0.192. The van der Waals surface area contributed by atoms with Gasteiger partial charge < -0.3 is 9.84 Å². The molecule has 0 aromatic heterocycles. The zero-order chi connectivity index (χ0) is 10.9. The van der Waals surface area contributed by atoms with Crippen molar-refractivity contribution in [2.24, 2.45) is 0 Å². The van der Waals surface area contributed by atoms with E-state index in [2.05, 4.69) is 0 Å². The van der Waals surface area contributed by atoms with E-state index in [1.54, 1.807) is 0 Å². The summed E-state index contributed by atoms with van der Waals surface area (Å²) in [7, 11) is 0. The molecule has 0 heterocycles. The molecule has 1 N–H and O–H groups in total. The highest BCUT2D eigenvalue weighted by Gasteiger charge is 2.55. The van der Waals surface area contributed by atoms with Crippen molar-refractivity contribution < 1.29 is 14.6 Å². The number of esters is 1. The fourth-order valence-corrected chi connectivity index (χ4v) is 3.30. The van der Waals surface area contributed by atoms with Crippen LogP contribution in [0.15, 0.2) is 0 Å². The summed E-state index contributed by atoms with van der Waals surface area (Å²) in [5, 5.41) is 10.6. The molecule has 2 aliphatic carbocycles. The second-order valence-corrected chi connectivity index (χ2v) is 5.03. The zero-order valence-electron chi connectivity index (χ0n) is 9.42. The average molecular weight is 212 g/mol. The van der Waals surface area contributed by atoms with Crippen LogP contribution in [0.4, 0.5) is 0 Å². The summed E-state index contributed by atoms with van der Waals surface area (Å²) in [6, 6.07) is 0. The van der Waals surface area contributed by atoms with Crippen molar-refractivity contribution in [1.82, 2.24) is 0 Å². The van der Waals surface area contributed by atoms with Crippen molar-refractivity contribution in [3.8, 4) is 0 Å². The molecule has 0 aromatic carbocycles. The van der Waals surface area contributed by atoms with Gasteiger partial charge in [0.25, 0.3) is 0 Å². The Balaban J connectivity index is 2.21.